The number of hydrogen-bond donors (Lipinski definition) is 1. The molecule has 7 heteroatoms. The van der Waals surface area contributed by atoms with Gasteiger partial charge >= 0.3 is 0 Å². The third-order valence-corrected chi connectivity index (χ3v) is 3.95. The lowest BCUT2D eigenvalue weighted by Gasteiger charge is -2.16. The van der Waals surface area contributed by atoms with Gasteiger partial charge in [-0.2, -0.15) is 8.78 Å². The summed E-state index contributed by atoms with van der Waals surface area (Å²) in [5, 5.41) is 2.76. The summed E-state index contributed by atoms with van der Waals surface area (Å²) >= 11 is 6.21. The van der Waals surface area contributed by atoms with Gasteiger partial charge < -0.3 is 10.1 Å². The fraction of sp³-hybridized carbons (Fsp3) is 0.500. The number of alkyl halides is 2. The van der Waals surface area contributed by atoms with Crippen molar-refractivity contribution in [2.45, 2.75) is 43.4 Å². The molecule has 1 aromatic rings. The van der Waals surface area contributed by atoms with Crippen LogP contribution in [0.25, 0.3) is 0 Å². The number of carbonyl (C=O) groups excluding carboxylic acids is 1. The van der Waals surface area contributed by atoms with Gasteiger partial charge in [-0.05, 0) is 25.5 Å². The summed E-state index contributed by atoms with van der Waals surface area (Å²) in [6, 6.07) is 4.63. The Morgan fingerprint density at radius 3 is 2.81 bits per heavy atom. The van der Waals surface area contributed by atoms with Crippen LogP contribution in [0.3, 0.4) is 0 Å². The van der Waals surface area contributed by atoms with E-state index in [4.69, 9.17) is 16.3 Å². The summed E-state index contributed by atoms with van der Waals surface area (Å²) in [4.78, 5) is 12.1. The zero-order valence-electron chi connectivity index (χ0n) is 11.9. The van der Waals surface area contributed by atoms with E-state index in [-0.39, 0.29) is 21.5 Å². The quantitative estimate of drug-likeness (QED) is 0.547. The Morgan fingerprint density at radius 1 is 1.48 bits per heavy atom. The Bertz CT molecular complexity index is 474. The van der Waals surface area contributed by atoms with Crippen molar-refractivity contribution in [2.24, 2.45) is 0 Å². The number of thioether (sulfide) groups is 1. The molecule has 0 fully saturated rings. The van der Waals surface area contributed by atoms with E-state index in [1.807, 2.05) is 6.92 Å². The second kappa shape index (κ2) is 9.23. The number of unbranched alkanes of at least 4 members (excludes halogenated alkanes) is 1. The molecule has 1 aromatic carbocycles. The first-order chi connectivity index (χ1) is 9.95. The molecule has 0 spiro atoms. The minimum atomic E-state index is -2.61. The molecule has 0 aliphatic heterocycles. The highest BCUT2D eigenvalue weighted by Gasteiger charge is 2.18. The van der Waals surface area contributed by atoms with Crippen molar-refractivity contribution >= 4 is 35.0 Å². The lowest BCUT2D eigenvalue weighted by atomic mass is 10.3. The molecule has 1 N–H and O–H groups in total. The number of rotatable bonds is 8. The topological polar surface area (TPSA) is 38.3 Å². The van der Waals surface area contributed by atoms with Crippen molar-refractivity contribution in [3.05, 3.63) is 23.2 Å². The first-order valence-corrected chi connectivity index (χ1v) is 7.87. The van der Waals surface area contributed by atoms with Crippen molar-refractivity contribution in [3.8, 4) is 0 Å². The van der Waals surface area contributed by atoms with Crippen LogP contribution in [0.2, 0.25) is 5.02 Å². The zero-order chi connectivity index (χ0) is 15.8. The van der Waals surface area contributed by atoms with Gasteiger partial charge in [0.05, 0.1) is 15.6 Å². The molecule has 1 amide bonds. The Hall–Kier alpha value is -0.850. The largest absolute Gasteiger partial charge is 0.369 e. The third-order valence-electron chi connectivity index (χ3n) is 2.67. The van der Waals surface area contributed by atoms with Gasteiger partial charge in [0, 0.05) is 6.61 Å². The molecule has 0 saturated heterocycles. The lowest BCUT2D eigenvalue weighted by Crippen LogP contribution is -2.28. The number of anilines is 1. The monoisotopic (exact) mass is 337 g/mol. The maximum absolute atomic E-state index is 12.5. The number of ether oxygens (including phenoxy) is 1. The fourth-order valence-corrected chi connectivity index (χ4v) is 2.44. The molecule has 1 atom stereocenters. The molecular formula is C14H18ClF2NO2S. The maximum Gasteiger partial charge on any atom is 0.289 e. The predicted molar refractivity (Wildman–Crippen MR) is 82.3 cm³/mol. The van der Waals surface area contributed by atoms with Gasteiger partial charge in [-0.25, -0.2) is 0 Å². The van der Waals surface area contributed by atoms with Crippen molar-refractivity contribution in [1.82, 2.24) is 0 Å². The Kier molecular flexibility index (Phi) is 8.00. The molecule has 1 rings (SSSR count). The molecule has 0 aromatic heterocycles. The molecule has 0 aliphatic rings. The summed E-state index contributed by atoms with van der Waals surface area (Å²) < 4.78 is 30.5. The average molecular weight is 338 g/mol. The smallest absolute Gasteiger partial charge is 0.289 e. The van der Waals surface area contributed by atoms with Crippen molar-refractivity contribution < 1.29 is 18.3 Å². The van der Waals surface area contributed by atoms with E-state index in [9.17, 15) is 13.6 Å². The molecule has 0 aliphatic carbocycles. The van der Waals surface area contributed by atoms with Gasteiger partial charge in [-0.3, -0.25) is 4.79 Å². The number of nitrogens with one attached hydrogen (secondary N) is 1. The number of benzene rings is 1. The number of amides is 1. The molecule has 0 saturated carbocycles. The number of halogens is 3. The lowest BCUT2D eigenvalue weighted by molar-refractivity contribution is -0.126. The van der Waals surface area contributed by atoms with Crippen LogP contribution in [0.4, 0.5) is 14.5 Å². The molecule has 118 valence electrons. The molecule has 0 heterocycles. The Balaban J connectivity index is 2.73. The summed E-state index contributed by atoms with van der Waals surface area (Å²) in [6.07, 6.45) is 1.18. The molecule has 0 radical (unpaired) electrons. The van der Waals surface area contributed by atoms with Crippen molar-refractivity contribution in [2.75, 3.05) is 11.9 Å². The fourth-order valence-electron chi connectivity index (χ4n) is 1.53. The highest BCUT2D eigenvalue weighted by molar-refractivity contribution is 7.99. The predicted octanol–water partition coefficient (Wildman–Crippen LogP) is 4.80. The van der Waals surface area contributed by atoms with E-state index in [0.717, 1.165) is 12.8 Å². The van der Waals surface area contributed by atoms with Gasteiger partial charge in [0.25, 0.3) is 11.7 Å². The van der Waals surface area contributed by atoms with Crippen LogP contribution in [0.5, 0.6) is 0 Å². The first-order valence-electron chi connectivity index (χ1n) is 6.61. The second-order valence-electron chi connectivity index (χ2n) is 4.35. The standard InChI is InChI=1S/C14H18ClF2NO2S/c1-3-4-8-20-9(2)13(19)18-11-7-5-6-10(15)12(11)21-14(16)17/h5-7,9,14H,3-4,8H2,1-2H3,(H,18,19). The molecular weight excluding hydrogens is 320 g/mol. The zero-order valence-corrected chi connectivity index (χ0v) is 13.4. The molecule has 0 bridgehead atoms. The highest BCUT2D eigenvalue weighted by Crippen LogP contribution is 2.37. The van der Waals surface area contributed by atoms with E-state index < -0.39 is 11.9 Å². The minimum absolute atomic E-state index is 0.156. The molecule has 1 unspecified atom stereocenters. The Morgan fingerprint density at radius 2 is 2.19 bits per heavy atom. The van der Waals surface area contributed by atoms with Crippen molar-refractivity contribution in [3.63, 3.8) is 0 Å². The average Bonchev–Trinajstić information content (AvgIpc) is 2.42. The van der Waals surface area contributed by atoms with Gasteiger partial charge in [-0.1, -0.05) is 42.8 Å². The van der Waals surface area contributed by atoms with Crippen molar-refractivity contribution in [1.29, 1.82) is 0 Å². The van der Waals surface area contributed by atoms with E-state index in [2.05, 4.69) is 5.32 Å². The van der Waals surface area contributed by atoms with E-state index in [1.165, 1.54) is 12.1 Å². The van der Waals surface area contributed by atoms with Gasteiger partial charge in [-0.15, -0.1) is 0 Å². The number of carbonyl (C=O) groups is 1. The summed E-state index contributed by atoms with van der Waals surface area (Å²) in [5.41, 5.74) is 0.267. The second-order valence-corrected chi connectivity index (χ2v) is 5.76. The van der Waals surface area contributed by atoms with E-state index in [0.29, 0.717) is 18.4 Å². The SMILES string of the molecule is CCCCOC(C)C(=O)Nc1cccc(Cl)c1SC(F)F. The summed E-state index contributed by atoms with van der Waals surface area (Å²) in [5.74, 6) is -3.00. The van der Waals surface area contributed by atoms with Gasteiger partial charge in [0.1, 0.15) is 6.10 Å². The van der Waals surface area contributed by atoms with E-state index in [1.54, 1.807) is 13.0 Å². The van der Waals surface area contributed by atoms with Crippen LogP contribution in [0, 0.1) is 0 Å². The van der Waals surface area contributed by atoms with Crippen LogP contribution >= 0.6 is 23.4 Å². The van der Waals surface area contributed by atoms with Crippen LogP contribution in [-0.2, 0) is 9.53 Å². The summed E-state index contributed by atoms with van der Waals surface area (Å²) in [6.45, 7) is 4.13. The molecule has 3 nitrogen and oxygen atoms in total. The van der Waals surface area contributed by atoms with Gasteiger partial charge in [0.15, 0.2) is 0 Å². The number of hydrogen-bond acceptors (Lipinski definition) is 3. The molecule has 21 heavy (non-hydrogen) atoms. The third kappa shape index (κ3) is 6.20. The summed E-state index contributed by atoms with van der Waals surface area (Å²) in [7, 11) is 0. The maximum atomic E-state index is 12.5. The minimum Gasteiger partial charge on any atom is -0.369 e. The van der Waals surface area contributed by atoms with E-state index >= 15 is 0 Å². The first kappa shape index (κ1) is 18.2. The highest BCUT2D eigenvalue weighted by atomic mass is 35.5. The van der Waals surface area contributed by atoms with Crippen LogP contribution in [0.1, 0.15) is 26.7 Å². The Labute approximate surface area is 132 Å². The normalized spacial score (nSPS) is 12.5. The van der Waals surface area contributed by atoms with Crippen LogP contribution < -0.4 is 5.32 Å². The van der Waals surface area contributed by atoms with Gasteiger partial charge in [0.2, 0.25) is 0 Å². The van der Waals surface area contributed by atoms with Crippen LogP contribution in [0.15, 0.2) is 23.1 Å². The van der Waals surface area contributed by atoms with Crippen LogP contribution in [-0.4, -0.2) is 24.4 Å².